The first-order valence-electron chi connectivity index (χ1n) is 6.62. The molecule has 3 nitrogen and oxygen atoms in total. The maximum Gasteiger partial charge on any atom is 0.0705 e. The Morgan fingerprint density at radius 1 is 1.15 bits per heavy atom. The number of aromatic nitrogens is 3. The zero-order chi connectivity index (χ0) is 14.1. The van der Waals surface area contributed by atoms with Crippen LogP contribution in [0.5, 0.6) is 0 Å². The summed E-state index contributed by atoms with van der Waals surface area (Å²) in [6, 6.07) is 10.2. The number of hydrogen-bond donors (Lipinski definition) is 0. The topological polar surface area (TPSA) is 30.7 Å². The third kappa shape index (κ3) is 2.18. The molecule has 0 unspecified atom stereocenters. The quantitative estimate of drug-likeness (QED) is 0.685. The van der Waals surface area contributed by atoms with E-state index in [1.165, 1.54) is 10.9 Å². The summed E-state index contributed by atoms with van der Waals surface area (Å²) in [6.45, 7) is 4.82. The maximum atomic E-state index is 5.99. The highest BCUT2D eigenvalue weighted by atomic mass is 35.5. The summed E-state index contributed by atoms with van der Waals surface area (Å²) in [5.74, 6) is 0.509. The van der Waals surface area contributed by atoms with Crippen molar-refractivity contribution in [3.8, 4) is 0 Å². The first kappa shape index (κ1) is 13.1. The lowest BCUT2D eigenvalue weighted by Gasteiger charge is -2.08. The molecule has 0 spiro atoms. The van der Waals surface area contributed by atoms with Crippen LogP contribution in [0.3, 0.4) is 0 Å². The van der Waals surface area contributed by atoms with Crippen LogP contribution < -0.4 is 0 Å². The SMILES string of the molecule is Cc1nn(Cc2ccnc3ccccc23)c(C)c1CCl. The second kappa shape index (κ2) is 5.25. The summed E-state index contributed by atoms with van der Waals surface area (Å²) in [5, 5.41) is 5.77. The molecule has 0 radical (unpaired) electrons. The van der Waals surface area contributed by atoms with E-state index < -0.39 is 0 Å². The van der Waals surface area contributed by atoms with Gasteiger partial charge >= 0.3 is 0 Å². The molecule has 0 aliphatic carbocycles. The van der Waals surface area contributed by atoms with E-state index in [2.05, 4.69) is 29.1 Å². The van der Waals surface area contributed by atoms with Gasteiger partial charge in [-0.1, -0.05) is 18.2 Å². The van der Waals surface area contributed by atoms with Crippen molar-refractivity contribution in [3.63, 3.8) is 0 Å². The Balaban J connectivity index is 2.06. The minimum absolute atomic E-state index is 0.509. The third-order valence-electron chi connectivity index (χ3n) is 3.72. The zero-order valence-electron chi connectivity index (χ0n) is 11.6. The lowest BCUT2D eigenvalue weighted by Crippen LogP contribution is -2.05. The van der Waals surface area contributed by atoms with Crippen LogP contribution >= 0.6 is 11.6 Å². The van der Waals surface area contributed by atoms with E-state index in [-0.39, 0.29) is 0 Å². The van der Waals surface area contributed by atoms with E-state index in [1.54, 1.807) is 0 Å². The molecule has 0 saturated heterocycles. The van der Waals surface area contributed by atoms with Gasteiger partial charge in [0.1, 0.15) is 0 Å². The number of hydrogen-bond acceptors (Lipinski definition) is 2. The monoisotopic (exact) mass is 285 g/mol. The highest BCUT2D eigenvalue weighted by molar-refractivity contribution is 6.17. The van der Waals surface area contributed by atoms with Crippen LogP contribution in [0.4, 0.5) is 0 Å². The number of alkyl halides is 1. The summed E-state index contributed by atoms with van der Waals surface area (Å²) < 4.78 is 2.02. The normalized spacial score (nSPS) is 11.2. The number of rotatable bonds is 3. The lowest BCUT2D eigenvalue weighted by atomic mass is 10.1. The molecule has 4 heteroatoms. The highest BCUT2D eigenvalue weighted by Crippen LogP contribution is 2.20. The van der Waals surface area contributed by atoms with Gasteiger partial charge < -0.3 is 0 Å². The predicted octanol–water partition coefficient (Wildman–Crippen LogP) is 3.84. The van der Waals surface area contributed by atoms with Crippen molar-refractivity contribution < 1.29 is 0 Å². The number of benzene rings is 1. The Labute approximate surface area is 123 Å². The molecule has 0 N–H and O–H groups in total. The van der Waals surface area contributed by atoms with Gasteiger partial charge in [-0.05, 0) is 31.5 Å². The molecule has 102 valence electrons. The van der Waals surface area contributed by atoms with Crippen LogP contribution in [-0.4, -0.2) is 14.8 Å². The van der Waals surface area contributed by atoms with Crippen LogP contribution in [-0.2, 0) is 12.4 Å². The van der Waals surface area contributed by atoms with Gasteiger partial charge in [0.2, 0.25) is 0 Å². The van der Waals surface area contributed by atoms with Gasteiger partial charge in [0, 0.05) is 22.8 Å². The standard InChI is InChI=1S/C16H16ClN3/c1-11-15(9-17)12(2)20(19-11)10-13-7-8-18-16-6-4-3-5-14(13)16/h3-8H,9-10H2,1-2H3. The van der Waals surface area contributed by atoms with Crippen molar-refractivity contribution in [2.45, 2.75) is 26.3 Å². The molecule has 3 rings (SSSR count). The van der Waals surface area contributed by atoms with E-state index in [0.29, 0.717) is 5.88 Å². The van der Waals surface area contributed by atoms with Gasteiger partial charge in [0.15, 0.2) is 0 Å². The van der Waals surface area contributed by atoms with Crippen molar-refractivity contribution in [2.24, 2.45) is 0 Å². The minimum atomic E-state index is 0.509. The number of nitrogens with zero attached hydrogens (tertiary/aromatic N) is 3. The summed E-state index contributed by atoms with van der Waals surface area (Å²) in [7, 11) is 0. The molecule has 0 amide bonds. The largest absolute Gasteiger partial charge is 0.265 e. The zero-order valence-corrected chi connectivity index (χ0v) is 12.4. The van der Waals surface area contributed by atoms with Gasteiger partial charge in [0.25, 0.3) is 0 Å². The van der Waals surface area contributed by atoms with Crippen molar-refractivity contribution >= 4 is 22.5 Å². The molecular weight excluding hydrogens is 270 g/mol. The maximum absolute atomic E-state index is 5.99. The lowest BCUT2D eigenvalue weighted by molar-refractivity contribution is 0.661. The molecule has 0 saturated carbocycles. The molecule has 0 atom stereocenters. The average Bonchev–Trinajstić information content (AvgIpc) is 2.73. The number of pyridine rings is 1. The van der Waals surface area contributed by atoms with Gasteiger partial charge in [-0.25, -0.2) is 0 Å². The summed E-state index contributed by atoms with van der Waals surface area (Å²) >= 11 is 5.99. The molecule has 3 aromatic rings. The van der Waals surface area contributed by atoms with Crippen LogP contribution in [0.1, 0.15) is 22.5 Å². The van der Waals surface area contributed by atoms with E-state index in [4.69, 9.17) is 11.6 Å². The second-order valence-electron chi connectivity index (χ2n) is 4.93. The Morgan fingerprint density at radius 3 is 2.70 bits per heavy atom. The van der Waals surface area contributed by atoms with Crippen molar-refractivity contribution in [2.75, 3.05) is 0 Å². The van der Waals surface area contributed by atoms with Gasteiger partial charge in [-0.3, -0.25) is 9.67 Å². The molecule has 2 aromatic heterocycles. The van der Waals surface area contributed by atoms with E-state index in [9.17, 15) is 0 Å². The van der Waals surface area contributed by atoms with Crippen molar-refractivity contribution in [1.29, 1.82) is 0 Å². The Morgan fingerprint density at radius 2 is 1.95 bits per heavy atom. The summed E-state index contributed by atoms with van der Waals surface area (Å²) in [4.78, 5) is 4.39. The Bertz CT molecular complexity index is 756. The van der Waals surface area contributed by atoms with E-state index in [1.807, 2.05) is 36.0 Å². The van der Waals surface area contributed by atoms with Gasteiger partial charge in [-0.2, -0.15) is 5.10 Å². The Hall–Kier alpha value is -1.87. The third-order valence-corrected chi connectivity index (χ3v) is 3.99. The molecular formula is C16H16ClN3. The van der Waals surface area contributed by atoms with Crippen molar-refractivity contribution in [3.05, 3.63) is 59.0 Å². The van der Waals surface area contributed by atoms with E-state index in [0.717, 1.165) is 29.0 Å². The predicted molar refractivity (Wildman–Crippen MR) is 82.1 cm³/mol. The molecule has 0 aliphatic rings. The molecule has 0 fully saturated rings. The fourth-order valence-electron chi connectivity index (χ4n) is 2.54. The molecule has 20 heavy (non-hydrogen) atoms. The molecule has 0 aliphatic heterocycles. The van der Waals surface area contributed by atoms with Crippen LogP contribution in [0, 0.1) is 13.8 Å². The van der Waals surface area contributed by atoms with Crippen LogP contribution in [0.25, 0.3) is 10.9 Å². The number of aryl methyl sites for hydroxylation is 1. The molecule has 0 bridgehead atoms. The minimum Gasteiger partial charge on any atom is -0.265 e. The highest BCUT2D eigenvalue weighted by Gasteiger charge is 2.11. The number of para-hydroxylation sites is 1. The molecule has 2 heterocycles. The fraction of sp³-hybridized carbons (Fsp3) is 0.250. The number of fused-ring (bicyclic) bond motifs is 1. The summed E-state index contributed by atoms with van der Waals surface area (Å²) in [5.41, 5.74) is 5.52. The van der Waals surface area contributed by atoms with Gasteiger partial charge in [-0.15, -0.1) is 11.6 Å². The fourth-order valence-corrected chi connectivity index (χ4v) is 2.92. The van der Waals surface area contributed by atoms with Crippen molar-refractivity contribution in [1.82, 2.24) is 14.8 Å². The summed E-state index contributed by atoms with van der Waals surface area (Å²) in [6.07, 6.45) is 1.85. The number of halogens is 1. The first-order chi connectivity index (χ1) is 9.70. The molecule has 1 aromatic carbocycles. The smallest absolute Gasteiger partial charge is 0.0705 e. The van der Waals surface area contributed by atoms with Gasteiger partial charge in [0.05, 0.1) is 23.6 Å². The average molecular weight is 286 g/mol. The van der Waals surface area contributed by atoms with E-state index >= 15 is 0 Å². The Kier molecular flexibility index (Phi) is 3.45. The second-order valence-corrected chi connectivity index (χ2v) is 5.20. The van der Waals surface area contributed by atoms with Crippen LogP contribution in [0.2, 0.25) is 0 Å². The first-order valence-corrected chi connectivity index (χ1v) is 7.15. The van der Waals surface area contributed by atoms with Crippen LogP contribution in [0.15, 0.2) is 36.5 Å².